The predicted octanol–water partition coefficient (Wildman–Crippen LogP) is 2.20. The number of aryl methyl sites for hydroxylation is 1. The second-order valence-electron chi connectivity index (χ2n) is 6.69. The number of halogens is 3. The fourth-order valence-corrected chi connectivity index (χ4v) is 2.81. The standard InChI is InChI=1S/C17H17N5O3.C2HF3O2/c1-11-4-6-24-16(11)17(23)19-8-13-9-22-14(10-25-13)15(20-21-22)12-3-2-5-18-7-12;3-2(4,5)1(6)7/h2-7,13H,8-10H2,1H3,(H,19,23);(H,6,7). The fourth-order valence-electron chi connectivity index (χ4n) is 2.81. The van der Waals surface area contributed by atoms with Crippen molar-refractivity contribution in [2.75, 3.05) is 6.54 Å². The molecule has 0 bridgehead atoms. The lowest BCUT2D eigenvalue weighted by molar-refractivity contribution is -0.192. The van der Waals surface area contributed by atoms with Crippen molar-refractivity contribution in [1.82, 2.24) is 25.3 Å². The molecule has 1 aliphatic heterocycles. The molecule has 0 aromatic carbocycles. The Morgan fingerprint density at radius 3 is 2.69 bits per heavy atom. The summed E-state index contributed by atoms with van der Waals surface area (Å²) in [4.78, 5) is 25.1. The van der Waals surface area contributed by atoms with Crippen LogP contribution in [0.25, 0.3) is 11.3 Å². The number of hydrogen-bond donors (Lipinski definition) is 2. The van der Waals surface area contributed by atoms with E-state index in [1.807, 2.05) is 23.7 Å². The lowest BCUT2D eigenvalue weighted by Gasteiger charge is -2.24. The van der Waals surface area contributed by atoms with Crippen molar-refractivity contribution in [1.29, 1.82) is 0 Å². The Kier molecular flexibility index (Phi) is 6.88. The molecule has 4 rings (SSSR count). The lowest BCUT2D eigenvalue weighted by Crippen LogP contribution is -2.39. The van der Waals surface area contributed by atoms with Crippen LogP contribution < -0.4 is 5.32 Å². The minimum Gasteiger partial charge on any atom is -0.475 e. The number of hydrogen-bond acceptors (Lipinski definition) is 7. The van der Waals surface area contributed by atoms with Crippen molar-refractivity contribution < 1.29 is 37.0 Å². The number of amides is 1. The zero-order valence-electron chi connectivity index (χ0n) is 16.7. The Labute approximate surface area is 179 Å². The molecule has 13 heteroatoms. The van der Waals surface area contributed by atoms with Crippen molar-refractivity contribution in [2.45, 2.75) is 32.4 Å². The van der Waals surface area contributed by atoms with Gasteiger partial charge in [-0.15, -0.1) is 5.10 Å². The van der Waals surface area contributed by atoms with Gasteiger partial charge in [0.05, 0.1) is 31.2 Å². The average Bonchev–Trinajstić information content (AvgIpc) is 3.38. The summed E-state index contributed by atoms with van der Waals surface area (Å²) < 4.78 is 44.6. The molecule has 0 saturated heterocycles. The average molecular weight is 453 g/mol. The summed E-state index contributed by atoms with van der Waals surface area (Å²) in [5, 5.41) is 18.4. The highest BCUT2D eigenvalue weighted by Crippen LogP contribution is 2.24. The van der Waals surface area contributed by atoms with Crippen LogP contribution >= 0.6 is 0 Å². The Morgan fingerprint density at radius 1 is 1.34 bits per heavy atom. The highest BCUT2D eigenvalue weighted by molar-refractivity contribution is 5.92. The molecular formula is C19H18F3N5O5. The summed E-state index contributed by atoms with van der Waals surface area (Å²) in [5.41, 5.74) is 3.41. The molecule has 0 spiro atoms. The predicted molar refractivity (Wildman–Crippen MR) is 101 cm³/mol. The summed E-state index contributed by atoms with van der Waals surface area (Å²) in [5.74, 6) is -2.67. The van der Waals surface area contributed by atoms with E-state index in [-0.39, 0.29) is 12.0 Å². The van der Waals surface area contributed by atoms with Crippen LogP contribution in [0.15, 0.2) is 41.3 Å². The Balaban J connectivity index is 0.000000360. The van der Waals surface area contributed by atoms with E-state index in [0.717, 1.165) is 22.5 Å². The number of furan rings is 1. The molecule has 3 aromatic heterocycles. The van der Waals surface area contributed by atoms with Gasteiger partial charge in [-0.25, -0.2) is 9.48 Å². The van der Waals surface area contributed by atoms with E-state index in [9.17, 15) is 18.0 Å². The van der Waals surface area contributed by atoms with E-state index >= 15 is 0 Å². The molecule has 0 fully saturated rings. The number of carbonyl (C=O) groups excluding carboxylic acids is 1. The van der Waals surface area contributed by atoms with E-state index in [1.54, 1.807) is 18.5 Å². The van der Waals surface area contributed by atoms with Crippen molar-refractivity contribution in [3.8, 4) is 11.3 Å². The second-order valence-corrected chi connectivity index (χ2v) is 6.69. The van der Waals surface area contributed by atoms with E-state index < -0.39 is 12.1 Å². The SMILES string of the molecule is Cc1ccoc1C(=O)NCC1Cn2nnc(-c3cccnc3)c2CO1.O=C(O)C(F)(F)F. The van der Waals surface area contributed by atoms with E-state index in [2.05, 4.69) is 20.6 Å². The number of nitrogens with zero attached hydrogens (tertiary/aromatic N) is 4. The topological polar surface area (TPSA) is 132 Å². The maximum absolute atomic E-state index is 12.1. The largest absolute Gasteiger partial charge is 0.490 e. The number of rotatable bonds is 4. The zero-order valence-corrected chi connectivity index (χ0v) is 16.7. The van der Waals surface area contributed by atoms with Gasteiger partial charge in [0.1, 0.15) is 5.69 Å². The van der Waals surface area contributed by atoms with Crippen LogP contribution in [0.5, 0.6) is 0 Å². The molecule has 32 heavy (non-hydrogen) atoms. The van der Waals surface area contributed by atoms with Crippen LogP contribution in [0.2, 0.25) is 0 Å². The first-order valence-corrected chi connectivity index (χ1v) is 9.23. The number of carbonyl (C=O) groups is 2. The number of nitrogens with one attached hydrogen (secondary N) is 1. The minimum atomic E-state index is -5.08. The quantitative estimate of drug-likeness (QED) is 0.615. The number of fused-ring (bicyclic) bond motifs is 1. The van der Waals surface area contributed by atoms with Gasteiger partial charge in [-0.1, -0.05) is 5.21 Å². The molecule has 1 aliphatic rings. The van der Waals surface area contributed by atoms with Crippen LogP contribution in [0.3, 0.4) is 0 Å². The second kappa shape index (κ2) is 9.60. The number of ether oxygens (including phenoxy) is 1. The first-order chi connectivity index (χ1) is 15.2. The molecule has 1 unspecified atom stereocenters. The van der Waals surface area contributed by atoms with Gasteiger partial charge in [0.25, 0.3) is 5.91 Å². The number of carboxylic acid groups (broad SMARTS) is 1. The maximum Gasteiger partial charge on any atom is 0.490 e. The Morgan fingerprint density at radius 2 is 2.09 bits per heavy atom. The van der Waals surface area contributed by atoms with E-state index in [4.69, 9.17) is 19.1 Å². The molecule has 0 radical (unpaired) electrons. The summed E-state index contributed by atoms with van der Waals surface area (Å²) in [6.45, 7) is 3.12. The van der Waals surface area contributed by atoms with Crippen molar-refractivity contribution >= 4 is 11.9 Å². The van der Waals surface area contributed by atoms with Gasteiger partial charge in [0.15, 0.2) is 5.76 Å². The van der Waals surface area contributed by atoms with Crippen molar-refractivity contribution in [2.24, 2.45) is 0 Å². The third-order valence-electron chi connectivity index (χ3n) is 4.41. The van der Waals surface area contributed by atoms with Gasteiger partial charge in [0, 0.05) is 30.1 Å². The maximum atomic E-state index is 12.1. The molecule has 170 valence electrons. The van der Waals surface area contributed by atoms with Crippen LogP contribution in [0.1, 0.15) is 21.8 Å². The van der Waals surface area contributed by atoms with Gasteiger partial charge >= 0.3 is 12.1 Å². The molecule has 2 N–H and O–H groups in total. The summed E-state index contributed by atoms with van der Waals surface area (Å²) in [6, 6.07) is 5.56. The van der Waals surface area contributed by atoms with Gasteiger partial charge in [0.2, 0.25) is 0 Å². The van der Waals surface area contributed by atoms with Gasteiger partial charge in [-0.05, 0) is 25.1 Å². The first kappa shape index (κ1) is 22.9. The molecule has 0 saturated carbocycles. The number of alkyl halides is 3. The number of pyridine rings is 1. The molecule has 1 amide bonds. The highest BCUT2D eigenvalue weighted by Gasteiger charge is 2.38. The Hall–Kier alpha value is -3.74. The summed E-state index contributed by atoms with van der Waals surface area (Å²) >= 11 is 0. The highest BCUT2D eigenvalue weighted by atomic mass is 19.4. The molecule has 1 atom stereocenters. The van der Waals surface area contributed by atoms with Crippen molar-refractivity contribution in [3.63, 3.8) is 0 Å². The normalized spacial score (nSPS) is 15.3. The van der Waals surface area contributed by atoms with Crippen LogP contribution in [-0.2, 0) is 22.7 Å². The number of carboxylic acids is 1. The van der Waals surface area contributed by atoms with Gasteiger partial charge < -0.3 is 19.6 Å². The molecule has 10 nitrogen and oxygen atoms in total. The van der Waals surface area contributed by atoms with Crippen LogP contribution in [0, 0.1) is 6.92 Å². The minimum absolute atomic E-state index is 0.171. The molecule has 4 heterocycles. The van der Waals surface area contributed by atoms with Crippen LogP contribution in [0.4, 0.5) is 13.2 Å². The molecular weight excluding hydrogens is 435 g/mol. The zero-order chi connectivity index (χ0) is 23.3. The summed E-state index contributed by atoms with van der Waals surface area (Å²) in [7, 11) is 0. The first-order valence-electron chi connectivity index (χ1n) is 9.23. The fraction of sp³-hybridized carbons (Fsp3) is 0.316. The lowest BCUT2D eigenvalue weighted by atomic mass is 10.1. The van der Waals surface area contributed by atoms with E-state index in [0.29, 0.717) is 25.5 Å². The molecule has 3 aromatic rings. The van der Waals surface area contributed by atoms with Gasteiger partial charge in [-0.2, -0.15) is 13.2 Å². The summed E-state index contributed by atoms with van der Waals surface area (Å²) in [6.07, 6.45) is -0.281. The number of aromatic nitrogens is 4. The molecule has 0 aliphatic carbocycles. The number of aliphatic carboxylic acids is 1. The van der Waals surface area contributed by atoms with Crippen LogP contribution in [-0.4, -0.2) is 55.8 Å². The van der Waals surface area contributed by atoms with Crippen molar-refractivity contribution in [3.05, 3.63) is 53.9 Å². The van der Waals surface area contributed by atoms with E-state index in [1.165, 1.54) is 6.26 Å². The third kappa shape index (κ3) is 5.49. The third-order valence-corrected chi connectivity index (χ3v) is 4.41. The smallest absolute Gasteiger partial charge is 0.475 e. The Bertz CT molecular complexity index is 1080. The monoisotopic (exact) mass is 453 g/mol. The van der Waals surface area contributed by atoms with Gasteiger partial charge in [-0.3, -0.25) is 9.78 Å².